The average molecular weight is 614 g/mol. The van der Waals surface area contributed by atoms with Gasteiger partial charge in [-0.25, -0.2) is 8.42 Å². The fourth-order valence-corrected chi connectivity index (χ4v) is 6.03. The first-order valence-electron chi connectivity index (χ1n) is 13.9. The average Bonchev–Trinajstić information content (AvgIpc) is 2.92. The molecule has 8 nitrogen and oxygen atoms in total. The van der Waals surface area contributed by atoms with E-state index in [9.17, 15) is 18.0 Å². The summed E-state index contributed by atoms with van der Waals surface area (Å²) in [5.74, 6) is -0.305. The molecule has 10 heteroatoms. The molecule has 3 rings (SSSR count). The Morgan fingerprint density at radius 2 is 1.57 bits per heavy atom. The normalized spacial score (nSPS) is 12.4. The number of hydrogen-bond acceptors (Lipinski definition) is 5. The quantitative estimate of drug-likeness (QED) is 0.272. The molecule has 2 amide bonds. The summed E-state index contributed by atoms with van der Waals surface area (Å²) in [6, 6.07) is 19.2. The molecule has 0 heterocycles. The number of ether oxygens (including phenoxy) is 1. The van der Waals surface area contributed by atoms with Crippen LogP contribution in [-0.2, 0) is 26.2 Å². The van der Waals surface area contributed by atoms with Gasteiger partial charge in [0.1, 0.15) is 18.3 Å². The summed E-state index contributed by atoms with van der Waals surface area (Å²) in [7, 11) is -4.17. The lowest BCUT2D eigenvalue weighted by Crippen LogP contribution is -2.55. The van der Waals surface area contributed by atoms with Crippen molar-refractivity contribution >= 4 is 39.1 Å². The third kappa shape index (κ3) is 8.49. The zero-order valence-electron chi connectivity index (χ0n) is 25.1. The van der Waals surface area contributed by atoms with E-state index in [1.807, 2.05) is 41.5 Å². The van der Waals surface area contributed by atoms with Crippen LogP contribution in [0.3, 0.4) is 0 Å². The van der Waals surface area contributed by atoms with Crippen molar-refractivity contribution in [3.05, 3.63) is 88.9 Å². The van der Waals surface area contributed by atoms with E-state index >= 15 is 0 Å². The minimum atomic E-state index is -4.17. The van der Waals surface area contributed by atoms with Crippen LogP contribution in [0.25, 0.3) is 0 Å². The molecule has 0 aliphatic heterocycles. The number of benzene rings is 3. The van der Waals surface area contributed by atoms with Crippen LogP contribution in [0.15, 0.2) is 77.7 Å². The van der Waals surface area contributed by atoms with Gasteiger partial charge in [-0.2, -0.15) is 0 Å². The molecule has 1 atom stereocenters. The number of aryl methyl sites for hydroxylation is 1. The molecule has 0 radical (unpaired) electrons. The van der Waals surface area contributed by atoms with Crippen LogP contribution in [0, 0.1) is 6.92 Å². The van der Waals surface area contributed by atoms with Crippen LogP contribution in [0.5, 0.6) is 5.75 Å². The summed E-state index contributed by atoms with van der Waals surface area (Å²) in [5.41, 5.74) is 1.30. The molecule has 226 valence electrons. The maximum atomic E-state index is 14.2. The van der Waals surface area contributed by atoms with Crippen molar-refractivity contribution in [2.45, 2.75) is 71.0 Å². The Morgan fingerprint density at radius 1 is 0.952 bits per heavy atom. The van der Waals surface area contributed by atoms with Gasteiger partial charge in [-0.05, 0) is 89.1 Å². The molecule has 3 aromatic rings. The molecule has 0 aliphatic carbocycles. The monoisotopic (exact) mass is 613 g/mol. The molecule has 0 fully saturated rings. The number of nitrogens with one attached hydrogen (secondary N) is 1. The van der Waals surface area contributed by atoms with Gasteiger partial charge in [0, 0.05) is 17.1 Å². The molecular formula is C32H40ClN3O5S. The van der Waals surface area contributed by atoms with Gasteiger partial charge < -0.3 is 15.0 Å². The van der Waals surface area contributed by atoms with E-state index in [2.05, 4.69) is 5.32 Å². The second-order valence-corrected chi connectivity index (χ2v) is 13.3. The first-order valence-corrected chi connectivity index (χ1v) is 15.8. The zero-order chi connectivity index (χ0) is 31.1. The molecular weight excluding hydrogens is 574 g/mol. The van der Waals surface area contributed by atoms with Gasteiger partial charge in [-0.1, -0.05) is 54.4 Å². The minimum absolute atomic E-state index is 0.0241. The number of nitrogens with zero attached hydrogens (tertiary/aromatic N) is 2. The molecule has 0 bridgehead atoms. The van der Waals surface area contributed by atoms with Gasteiger partial charge >= 0.3 is 0 Å². The van der Waals surface area contributed by atoms with Crippen molar-refractivity contribution in [3.63, 3.8) is 0 Å². The van der Waals surface area contributed by atoms with Crippen molar-refractivity contribution in [1.29, 1.82) is 0 Å². The SMILES string of the molecule is CCOc1ccc(N(CC(=O)N(Cc2ccccc2Cl)[C@@H](CC)C(=O)NC(C)(C)C)S(=O)(=O)c2ccc(C)cc2)cc1. The summed E-state index contributed by atoms with van der Waals surface area (Å²) in [4.78, 5) is 29.1. The van der Waals surface area contributed by atoms with Gasteiger partial charge in [0.25, 0.3) is 10.0 Å². The third-order valence-corrected chi connectivity index (χ3v) is 8.66. The number of hydrogen-bond donors (Lipinski definition) is 1. The lowest BCUT2D eigenvalue weighted by atomic mass is 10.1. The second-order valence-electron chi connectivity index (χ2n) is 11.0. The highest BCUT2D eigenvalue weighted by Crippen LogP contribution is 2.28. The molecule has 0 spiro atoms. The fraction of sp³-hybridized carbons (Fsp3) is 0.375. The predicted molar refractivity (Wildman–Crippen MR) is 167 cm³/mol. The van der Waals surface area contributed by atoms with E-state index in [0.29, 0.717) is 29.4 Å². The smallest absolute Gasteiger partial charge is 0.264 e. The van der Waals surface area contributed by atoms with Crippen molar-refractivity contribution in [3.8, 4) is 5.75 Å². The van der Waals surface area contributed by atoms with Crippen molar-refractivity contribution in [1.82, 2.24) is 10.2 Å². The van der Waals surface area contributed by atoms with Gasteiger partial charge in [-0.15, -0.1) is 0 Å². The summed E-state index contributed by atoms with van der Waals surface area (Å²) in [6.45, 7) is 11.1. The van der Waals surface area contributed by atoms with Crippen molar-refractivity contribution in [2.24, 2.45) is 0 Å². The Hall–Kier alpha value is -3.56. The fourth-order valence-electron chi connectivity index (χ4n) is 4.42. The number of halogens is 1. The number of sulfonamides is 1. The van der Waals surface area contributed by atoms with Gasteiger partial charge in [-0.3, -0.25) is 13.9 Å². The van der Waals surface area contributed by atoms with E-state index in [-0.39, 0.29) is 23.0 Å². The summed E-state index contributed by atoms with van der Waals surface area (Å²) >= 11 is 6.46. The van der Waals surface area contributed by atoms with E-state index < -0.39 is 34.1 Å². The molecule has 0 aliphatic rings. The van der Waals surface area contributed by atoms with E-state index in [1.54, 1.807) is 60.7 Å². The number of carbonyl (C=O) groups excluding carboxylic acids is 2. The second kappa shape index (κ2) is 14.1. The molecule has 42 heavy (non-hydrogen) atoms. The standard InChI is InChI=1S/C32H40ClN3O5S/c1-7-29(31(38)34-32(4,5)6)35(21-24-11-9-10-12-28(24)33)30(37)22-36(25-15-17-26(18-16-25)41-8-2)42(39,40)27-19-13-23(3)14-20-27/h9-20,29H,7-8,21-22H2,1-6H3,(H,34,38)/t29-/m0/s1. The highest BCUT2D eigenvalue weighted by atomic mass is 35.5. The maximum Gasteiger partial charge on any atom is 0.264 e. The van der Waals surface area contributed by atoms with Crippen LogP contribution < -0.4 is 14.4 Å². The minimum Gasteiger partial charge on any atom is -0.494 e. The summed E-state index contributed by atoms with van der Waals surface area (Å²) < 4.78 is 34.6. The largest absolute Gasteiger partial charge is 0.494 e. The van der Waals surface area contributed by atoms with Crippen molar-refractivity contribution < 1.29 is 22.7 Å². The molecule has 1 N–H and O–H groups in total. The number of anilines is 1. The predicted octanol–water partition coefficient (Wildman–Crippen LogP) is 5.96. The van der Waals surface area contributed by atoms with E-state index in [1.165, 1.54) is 17.0 Å². The van der Waals surface area contributed by atoms with Crippen LogP contribution >= 0.6 is 11.6 Å². The van der Waals surface area contributed by atoms with Gasteiger partial charge in [0.2, 0.25) is 11.8 Å². The van der Waals surface area contributed by atoms with Gasteiger partial charge in [0.15, 0.2) is 0 Å². The zero-order valence-corrected chi connectivity index (χ0v) is 26.6. The lowest BCUT2D eigenvalue weighted by Gasteiger charge is -2.35. The highest BCUT2D eigenvalue weighted by Gasteiger charge is 2.34. The summed E-state index contributed by atoms with van der Waals surface area (Å²) in [6.07, 6.45) is 0.311. The molecule has 0 saturated carbocycles. The van der Waals surface area contributed by atoms with Crippen LogP contribution in [0.1, 0.15) is 52.2 Å². The van der Waals surface area contributed by atoms with Crippen LogP contribution in [-0.4, -0.2) is 49.9 Å². The molecule has 0 aromatic heterocycles. The Kier molecular flexibility index (Phi) is 11.0. The molecule has 0 saturated heterocycles. The third-order valence-electron chi connectivity index (χ3n) is 6.51. The maximum absolute atomic E-state index is 14.2. The molecule has 3 aromatic carbocycles. The highest BCUT2D eigenvalue weighted by molar-refractivity contribution is 7.92. The molecule has 0 unspecified atom stereocenters. The van der Waals surface area contributed by atoms with E-state index in [0.717, 1.165) is 9.87 Å². The number of rotatable bonds is 12. The Balaban J connectivity index is 2.08. The van der Waals surface area contributed by atoms with Crippen LogP contribution in [0.2, 0.25) is 5.02 Å². The van der Waals surface area contributed by atoms with Crippen LogP contribution in [0.4, 0.5) is 5.69 Å². The Morgan fingerprint density at radius 3 is 2.12 bits per heavy atom. The first kappa shape index (κ1) is 32.9. The first-order chi connectivity index (χ1) is 19.8. The summed E-state index contributed by atoms with van der Waals surface area (Å²) in [5, 5.41) is 3.40. The Labute approximate surface area is 254 Å². The topological polar surface area (TPSA) is 96.0 Å². The number of amides is 2. The number of carbonyl (C=O) groups is 2. The van der Waals surface area contributed by atoms with E-state index in [4.69, 9.17) is 16.3 Å². The van der Waals surface area contributed by atoms with Gasteiger partial charge in [0.05, 0.1) is 17.2 Å². The lowest BCUT2D eigenvalue weighted by molar-refractivity contribution is -0.141. The Bertz CT molecular complexity index is 1470. The van der Waals surface area contributed by atoms with Crippen molar-refractivity contribution in [2.75, 3.05) is 17.5 Å².